The zero-order valence-corrected chi connectivity index (χ0v) is 17.0. The number of hydrogen-bond acceptors (Lipinski definition) is 5. The molecule has 2 aromatic carbocycles. The maximum absolute atomic E-state index is 9.10. The molecule has 1 saturated carbocycles. The van der Waals surface area contributed by atoms with Crippen molar-refractivity contribution in [2.45, 2.75) is 32.1 Å². The fourth-order valence-electron chi connectivity index (χ4n) is 3.48. The maximum Gasteiger partial charge on any atom is 0.279 e. The third kappa shape index (κ3) is 5.53. The highest BCUT2D eigenvalue weighted by Gasteiger charge is 2.23. The summed E-state index contributed by atoms with van der Waals surface area (Å²) < 4.78 is 7.08. The molecule has 28 heavy (non-hydrogen) atoms. The standard InChI is InChI=1S/C23H28N2O2S/c26-16-4-15-25(17-19-8-9-19)14-3-5-18-10-12-20(13-11-18)27-23-24-21-6-1-2-7-22(21)28-23/h1-2,6-7,10-13,19,26H,3-5,8-9,14-17H2. The number of aliphatic hydroxyl groups is 1. The molecule has 4 nitrogen and oxygen atoms in total. The van der Waals surface area contributed by atoms with Gasteiger partial charge >= 0.3 is 0 Å². The first-order chi connectivity index (χ1) is 13.8. The van der Waals surface area contributed by atoms with E-state index in [0.717, 1.165) is 54.2 Å². The van der Waals surface area contributed by atoms with E-state index in [-0.39, 0.29) is 6.61 Å². The monoisotopic (exact) mass is 396 g/mol. The number of thiazole rings is 1. The van der Waals surface area contributed by atoms with Gasteiger partial charge in [0.2, 0.25) is 0 Å². The fraction of sp³-hybridized carbons (Fsp3) is 0.435. The Morgan fingerprint density at radius 1 is 1.04 bits per heavy atom. The highest BCUT2D eigenvalue weighted by Crippen LogP contribution is 2.31. The van der Waals surface area contributed by atoms with Crippen LogP contribution in [0.25, 0.3) is 10.2 Å². The third-order valence-electron chi connectivity index (χ3n) is 5.19. The summed E-state index contributed by atoms with van der Waals surface area (Å²) in [5.41, 5.74) is 2.32. The number of aliphatic hydroxyl groups excluding tert-OH is 1. The van der Waals surface area contributed by atoms with Crippen molar-refractivity contribution in [3.8, 4) is 10.9 Å². The van der Waals surface area contributed by atoms with Gasteiger partial charge in [-0.1, -0.05) is 35.6 Å². The molecule has 1 N–H and O–H groups in total. The molecule has 1 aromatic heterocycles. The Kier molecular flexibility index (Phi) is 6.57. The minimum absolute atomic E-state index is 0.289. The van der Waals surface area contributed by atoms with Crippen molar-refractivity contribution < 1.29 is 9.84 Å². The van der Waals surface area contributed by atoms with Crippen LogP contribution in [0.3, 0.4) is 0 Å². The topological polar surface area (TPSA) is 45.6 Å². The first-order valence-corrected chi connectivity index (χ1v) is 11.1. The number of fused-ring (bicyclic) bond motifs is 1. The van der Waals surface area contributed by atoms with E-state index in [0.29, 0.717) is 5.19 Å². The van der Waals surface area contributed by atoms with Crippen molar-refractivity contribution >= 4 is 21.6 Å². The van der Waals surface area contributed by atoms with Crippen LogP contribution in [0.1, 0.15) is 31.2 Å². The fourth-order valence-corrected chi connectivity index (χ4v) is 4.32. The molecule has 5 heteroatoms. The molecule has 1 aliphatic carbocycles. The lowest BCUT2D eigenvalue weighted by atomic mass is 10.1. The lowest BCUT2D eigenvalue weighted by molar-refractivity contribution is 0.216. The molecule has 1 heterocycles. The van der Waals surface area contributed by atoms with E-state index >= 15 is 0 Å². The van der Waals surface area contributed by atoms with Crippen LogP contribution in [0.4, 0.5) is 0 Å². The van der Waals surface area contributed by atoms with Crippen LogP contribution < -0.4 is 4.74 Å². The number of para-hydroxylation sites is 1. The molecule has 0 saturated heterocycles. The quantitative estimate of drug-likeness (QED) is 0.489. The molecule has 0 bridgehead atoms. The lowest BCUT2D eigenvalue weighted by Gasteiger charge is -2.21. The van der Waals surface area contributed by atoms with Crippen molar-refractivity contribution in [2.24, 2.45) is 5.92 Å². The summed E-state index contributed by atoms with van der Waals surface area (Å²) in [7, 11) is 0. The number of rotatable bonds is 11. The van der Waals surface area contributed by atoms with Gasteiger partial charge in [-0.15, -0.1) is 0 Å². The van der Waals surface area contributed by atoms with Gasteiger partial charge in [0.15, 0.2) is 0 Å². The molecule has 1 fully saturated rings. The van der Waals surface area contributed by atoms with Crippen LogP contribution in [0, 0.1) is 5.92 Å². The molecule has 0 aliphatic heterocycles. The molecule has 0 radical (unpaired) electrons. The Morgan fingerprint density at radius 3 is 2.57 bits per heavy atom. The van der Waals surface area contributed by atoms with Crippen LogP contribution in [-0.2, 0) is 6.42 Å². The summed E-state index contributed by atoms with van der Waals surface area (Å²) in [5, 5.41) is 9.79. The second kappa shape index (κ2) is 9.50. The van der Waals surface area contributed by atoms with Crippen LogP contribution in [-0.4, -0.2) is 41.2 Å². The van der Waals surface area contributed by atoms with Gasteiger partial charge in [-0.3, -0.25) is 0 Å². The van der Waals surface area contributed by atoms with Crippen LogP contribution in [0.2, 0.25) is 0 Å². The van der Waals surface area contributed by atoms with Crippen molar-refractivity contribution in [1.29, 1.82) is 0 Å². The summed E-state index contributed by atoms with van der Waals surface area (Å²) in [5.74, 6) is 1.73. The summed E-state index contributed by atoms with van der Waals surface area (Å²) in [4.78, 5) is 7.05. The van der Waals surface area contributed by atoms with Crippen molar-refractivity contribution in [2.75, 3.05) is 26.2 Å². The van der Waals surface area contributed by atoms with Crippen LogP contribution in [0.5, 0.6) is 10.9 Å². The summed E-state index contributed by atoms with van der Waals surface area (Å²) >= 11 is 1.57. The Balaban J connectivity index is 1.26. The highest BCUT2D eigenvalue weighted by atomic mass is 32.1. The second-order valence-corrected chi connectivity index (χ2v) is 8.61. The van der Waals surface area contributed by atoms with E-state index in [1.807, 2.05) is 30.3 Å². The first kappa shape index (κ1) is 19.4. The average molecular weight is 397 g/mol. The van der Waals surface area contributed by atoms with Gasteiger partial charge in [0.05, 0.1) is 10.2 Å². The smallest absolute Gasteiger partial charge is 0.279 e. The summed E-state index contributed by atoms with van der Waals surface area (Å²) in [6.45, 7) is 3.62. The van der Waals surface area contributed by atoms with E-state index in [4.69, 9.17) is 9.84 Å². The van der Waals surface area contributed by atoms with E-state index in [1.165, 1.54) is 24.9 Å². The zero-order valence-electron chi connectivity index (χ0n) is 16.2. The second-order valence-electron chi connectivity index (χ2n) is 7.62. The minimum atomic E-state index is 0.289. The van der Waals surface area contributed by atoms with E-state index in [2.05, 4.69) is 28.1 Å². The van der Waals surface area contributed by atoms with Gasteiger partial charge in [-0.25, -0.2) is 4.98 Å². The average Bonchev–Trinajstić information content (AvgIpc) is 3.43. The number of ether oxygens (including phenoxy) is 1. The highest BCUT2D eigenvalue weighted by molar-refractivity contribution is 7.20. The Bertz CT molecular complexity index is 841. The largest absolute Gasteiger partial charge is 0.431 e. The number of aryl methyl sites for hydroxylation is 1. The predicted octanol–water partition coefficient (Wildman–Crippen LogP) is 5.12. The zero-order chi connectivity index (χ0) is 19.2. The van der Waals surface area contributed by atoms with E-state index < -0.39 is 0 Å². The molecule has 148 valence electrons. The number of nitrogens with zero attached hydrogens (tertiary/aromatic N) is 2. The molecule has 0 unspecified atom stereocenters. The summed E-state index contributed by atoms with van der Waals surface area (Å²) in [6, 6.07) is 16.5. The van der Waals surface area contributed by atoms with Gasteiger partial charge in [0.1, 0.15) is 5.75 Å². The molecule has 4 rings (SSSR count). The van der Waals surface area contributed by atoms with Crippen molar-refractivity contribution in [3.63, 3.8) is 0 Å². The van der Waals surface area contributed by atoms with Gasteiger partial charge < -0.3 is 14.7 Å². The molecule has 3 aromatic rings. The van der Waals surface area contributed by atoms with Crippen LogP contribution in [0.15, 0.2) is 48.5 Å². The van der Waals surface area contributed by atoms with Gasteiger partial charge in [0, 0.05) is 19.7 Å². The van der Waals surface area contributed by atoms with Gasteiger partial charge in [0.25, 0.3) is 5.19 Å². The maximum atomic E-state index is 9.10. The molecule has 0 spiro atoms. The Morgan fingerprint density at radius 2 is 1.82 bits per heavy atom. The summed E-state index contributed by atoms with van der Waals surface area (Å²) in [6.07, 6.45) is 5.86. The number of aromatic nitrogens is 1. The minimum Gasteiger partial charge on any atom is -0.431 e. The molecule has 0 atom stereocenters. The molecule has 1 aliphatic rings. The Labute approximate surface area is 170 Å². The molecule has 0 amide bonds. The van der Waals surface area contributed by atoms with E-state index in [1.54, 1.807) is 11.3 Å². The Hall–Kier alpha value is -1.95. The third-order valence-corrected chi connectivity index (χ3v) is 6.10. The normalized spacial score (nSPS) is 14.1. The van der Waals surface area contributed by atoms with Crippen molar-refractivity contribution in [1.82, 2.24) is 9.88 Å². The van der Waals surface area contributed by atoms with Crippen LogP contribution >= 0.6 is 11.3 Å². The van der Waals surface area contributed by atoms with E-state index in [9.17, 15) is 0 Å². The number of benzene rings is 2. The first-order valence-electron chi connectivity index (χ1n) is 10.3. The molecular formula is C23H28N2O2S. The SMILES string of the molecule is OCCCN(CCCc1ccc(Oc2nc3ccccc3s2)cc1)CC1CC1. The van der Waals surface area contributed by atoms with Gasteiger partial charge in [-0.05, 0) is 74.4 Å². The lowest BCUT2D eigenvalue weighted by Crippen LogP contribution is -2.29. The molecular weight excluding hydrogens is 368 g/mol. The predicted molar refractivity (Wildman–Crippen MR) is 115 cm³/mol. The van der Waals surface area contributed by atoms with Crippen molar-refractivity contribution in [3.05, 3.63) is 54.1 Å². The van der Waals surface area contributed by atoms with Gasteiger partial charge in [-0.2, -0.15) is 0 Å². The number of hydrogen-bond donors (Lipinski definition) is 1.